The molecule has 1 aliphatic rings. The van der Waals surface area contributed by atoms with Crippen molar-refractivity contribution < 1.29 is 9.90 Å². The quantitative estimate of drug-likeness (QED) is 0.634. The van der Waals surface area contributed by atoms with Gasteiger partial charge >= 0.3 is 5.97 Å². The monoisotopic (exact) mass is 221 g/mol. The van der Waals surface area contributed by atoms with Gasteiger partial charge in [-0.25, -0.2) is 4.98 Å². The normalized spacial score (nSPS) is 23.2. The van der Waals surface area contributed by atoms with Gasteiger partial charge in [0.2, 0.25) is 0 Å². The minimum atomic E-state index is -0.851. The lowest BCUT2D eigenvalue weighted by molar-refractivity contribution is -0.140. The van der Waals surface area contributed by atoms with Gasteiger partial charge in [-0.1, -0.05) is 12.2 Å². The van der Waals surface area contributed by atoms with Gasteiger partial charge in [-0.05, 0) is 6.42 Å². The van der Waals surface area contributed by atoms with E-state index in [1.807, 2.05) is 0 Å². The number of aliphatic carboxylic acids is 1. The van der Waals surface area contributed by atoms with Gasteiger partial charge in [-0.3, -0.25) is 9.59 Å². The molecule has 0 saturated carbocycles. The summed E-state index contributed by atoms with van der Waals surface area (Å²) in [5, 5.41) is 11.7. The molecule has 6 heteroatoms. The number of anilines is 1. The number of aromatic nitrogens is 2. The minimum absolute atomic E-state index is 0.155. The molecule has 84 valence electrons. The fourth-order valence-corrected chi connectivity index (χ4v) is 1.62. The van der Waals surface area contributed by atoms with Crippen LogP contribution in [0.1, 0.15) is 6.42 Å². The Hall–Kier alpha value is -2.11. The van der Waals surface area contributed by atoms with Crippen LogP contribution >= 0.6 is 0 Å². The topological polar surface area (TPSA) is 95.1 Å². The van der Waals surface area contributed by atoms with E-state index >= 15 is 0 Å². The van der Waals surface area contributed by atoms with Crippen molar-refractivity contribution in [3.63, 3.8) is 0 Å². The molecule has 0 amide bonds. The van der Waals surface area contributed by atoms with Crippen LogP contribution in [0, 0.1) is 5.92 Å². The maximum atomic E-state index is 11.3. The molecule has 1 aromatic rings. The van der Waals surface area contributed by atoms with Crippen molar-refractivity contribution in [3.05, 3.63) is 34.9 Å². The van der Waals surface area contributed by atoms with Crippen molar-refractivity contribution in [2.75, 3.05) is 5.32 Å². The van der Waals surface area contributed by atoms with Crippen molar-refractivity contribution >= 4 is 11.8 Å². The van der Waals surface area contributed by atoms with Gasteiger partial charge in [-0.15, -0.1) is 0 Å². The second kappa shape index (κ2) is 4.18. The van der Waals surface area contributed by atoms with E-state index in [0.29, 0.717) is 6.42 Å². The van der Waals surface area contributed by atoms with Gasteiger partial charge in [-0.2, -0.15) is 0 Å². The summed E-state index contributed by atoms with van der Waals surface area (Å²) in [6.45, 7) is 0. The lowest BCUT2D eigenvalue weighted by atomic mass is 10.1. The Morgan fingerprint density at radius 2 is 2.38 bits per heavy atom. The van der Waals surface area contributed by atoms with E-state index < -0.39 is 11.9 Å². The fraction of sp³-hybridized carbons (Fsp3) is 0.300. The van der Waals surface area contributed by atoms with Crippen molar-refractivity contribution in [2.24, 2.45) is 5.92 Å². The number of hydrogen-bond donors (Lipinski definition) is 3. The van der Waals surface area contributed by atoms with Gasteiger partial charge in [0.05, 0.1) is 5.92 Å². The van der Waals surface area contributed by atoms with Crippen LogP contribution in [0.4, 0.5) is 5.82 Å². The van der Waals surface area contributed by atoms with Crippen molar-refractivity contribution in [1.29, 1.82) is 0 Å². The van der Waals surface area contributed by atoms with E-state index in [9.17, 15) is 9.59 Å². The third kappa shape index (κ3) is 2.10. The van der Waals surface area contributed by atoms with Gasteiger partial charge < -0.3 is 15.4 Å². The largest absolute Gasteiger partial charge is 0.481 e. The maximum absolute atomic E-state index is 11.3. The van der Waals surface area contributed by atoms with Crippen LogP contribution < -0.4 is 10.9 Å². The predicted molar refractivity (Wildman–Crippen MR) is 57.2 cm³/mol. The lowest BCUT2D eigenvalue weighted by Crippen LogP contribution is -2.24. The summed E-state index contributed by atoms with van der Waals surface area (Å²) < 4.78 is 0. The Bertz CT molecular complexity index is 480. The van der Waals surface area contributed by atoms with Crippen molar-refractivity contribution in [2.45, 2.75) is 12.5 Å². The van der Waals surface area contributed by atoms with Crippen LogP contribution in [0.15, 0.2) is 29.3 Å². The first kappa shape index (κ1) is 10.4. The molecule has 2 unspecified atom stereocenters. The molecule has 1 aliphatic carbocycles. The zero-order chi connectivity index (χ0) is 11.5. The summed E-state index contributed by atoms with van der Waals surface area (Å²) in [6, 6.07) is -0.155. The summed E-state index contributed by atoms with van der Waals surface area (Å²) in [4.78, 5) is 28.4. The van der Waals surface area contributed by atoms with Gasteiger partial charge in [0.25, 0.3) is 5.56 Å². The highest BCUT2D eigenvalue weighted by molar-refractivity contribution is 5.73. The number of hydrogen-bond acceptors (Lipinski definition) is 4. The number of carboxylic acid groups (broad SMARTS) is 1. The number of H-pyrrole nitrogens is 1. The molecule has 1 heterocycles. The number of nitrogens with zero attached hydrogens (tertiary/aromatic N) is 1. The molecule has 0 aromatic carbocycles. The van der Waals surface area contributed by atoms with E-state index in [1.165, 1.54) is 12.4 Å². The SMILES string of the molecule is O=C(O)C1C=CC(Nc2ncc[nH]c2=O)C1. The Balaban J connectivity index is 2.04. The molecule has 2 atom stereocenters. The van der Waals surface area contributed by atoms with E-state index in [1.54, 1.807) is 12.2 Å². The molecule has 1 aromatic heterocycles. The van der Waals surface area contributed by atoms with Crippen molar-refractivity contribution in [3.8, 4) is 0 Å². The number of rotatable bonds is 3. The third-order valence-electron chi connectivity index (χ3n) is 2.43. The van der Waals surface area contributed by atoms with Crippen LogP contribution in [0.25, 0.3) is 0 Å². The Labute approximate surface area is 91.0 Å². The van der Waals surface area contributed by atoms with Crippen LogP contribution in [0.5, 0.6) is 0 Å². The van der Waals surface area contributed by atoms with Gasteiger partial charge in [0.15, 0.2) is 5.82 Å². The first-order valence-electron chi connectivity index (χ1n) is 4.88. The Kier molecular flexibility index (Phi) is 2.72. The summed E-state index contributed by atoms with van der Waals surface area (Å²) in [6.07, 6.45) is 6.71. The number of nitrogens with one attached hydrogen (secondary N) is 2. The van der Waals surface area contributed by atoms with E-state index in [4.69, 9.17) is 5.11 Å². The third-order valence-corrected chi connectivity index (χ3v) is 2.43. The van der Waals surface area contributed by atoms with Gasteiger partial charge in [0.1, 0.15) is 0 Å². The smallest absolute Gasteiger partial charge is 0.310 e. The summed E-state index contributed by atoms with van der Waals surface area (Å²) in [5.41, 5.74) is -0.310. The van der Waals surface area contributed by atoms with Crippen LogP contribution in [0.2, 0.25) is 0 Å². The van der Waals surface area contributed by atoms with Crippen LogP contribution in [-0.4, -0.2) is 27.1 Å². The molecule has 0 spiro atoms. The van der Waals surface area contributed by atoms with Crippen LogP contribution in [0.3, 0.4) is 0 Å². The molecule has 16 heavy (non-hydrogen) atoms. The first-order valence-corrected chi connectivity index (χ1v) is 4.88. The summed E-state index contributed by atoms with van der Waals surface area (Å²) >= 11 is 0. The number of aromatic amines is 1. The summed E-state index contributed by atoms with van der Waals surface area (Å²) in [5.74, 6) is -1.13. The molecular weight excluding hydrogens is 210 g/mol. The maximum Gasteiger partial charge on any atom is 0.310 e. The average Bonchev–Trinajstić information content (AvgIpc) is 2.70. The van der Waals surface area contributed by atoms with E-state index in [-0.39, 0.29) is 17.4 Å². The summed E-state index contributed by atoms with van der Waals surface area (Å²) in [7, 11) is 0. The highest BCUT2D eigenvalue weighted by Gasteiger charge is 2.24. The number of carboxylic acids is 1. The minimum Gasteiger partial charge on any atom is -0.481 e. The first-order chi connectivity index (χ1) is 7.66. The Morgan fingerprint density at radius 3 is 3.00 bits per heavy atom. The molecule has 2 rings (SSSR count). The molecule has 0 fully saturated rings. The molecular formula is C10H11N3O3. The van der Waals surface area contributed by atoms with Crippen molar-refractivity contribution in [1.82, 2.24) is 9.97 Å². The van der Waals surface area contributed by atoms with E-state index in [0.717, 1.165) is 0 Å². The number of carbonyl (C=O) groups is 1. The standard InChI is InChI=1S/C10H11N3O3/c14-9-8(11-3-4-12-9)13-7-2-1-6(5-7)10(15)16/h1-4,6-7H,5H2,(H,11,13)(H,12,14)(H,15,16). The highest BCUT2D eigenvalue weighted by atomic mass is 16.4. The molecule has 3 N–H and O–H groups in total. The lowest BCUT2D eigenvalue weighted by Gasteiger charge is -2.11. The zero-order valence-electron chi connectivity index (χ0n) is 8.38. The molecule has 0 bridgehead atoms. The van der Waals surface area contributed by atoms with Crippen LogP contribution in [-0.2, 0) is 4.79 Å². The Morgan fingerprint density at radius 1 is 1.56 bits per heavy atom. The van der Waals surface area contributed by atoms with Gasteiger partial charge in [0, 0.05) is 18.4 Å². The molecule has 0 aliphatic heterocycles. The zero-order valence-corrected chi connectivity index (χ0v) is 8.38. The molecule has 6 nitrogen and oxygen atoms in total. The fourth-order valence-electron chi connectivity index (χ4n) is 1.62. The predicted octanol–water partition coefficient (Wildman–Crippen LogP) is 0.211. The highest BCUT2D eigenvalue weighted by Crippen LogP contribution is 2.19. The second-order valence-electron chi connectivity index (χ2n) is 3.58. The van der Waals surface area contributed by atoms with E-state index in [2.05, 4.69) is 15.3 Å². The molecule has 0 radical (unpaired) electrons. The second-order valence-corrected chi connectivity index (χ2v) is 3.58. The molecule has 0 saturated heterocycles. The average molecular weight is 221 g/mol.